The average Bonchev–Trinajstić information content (AvgIpc) is 2.72. The number of rotatable bonds is 8. The zero-order chi connectivity index (χ0) is 20.8. The van der Waals surface area contributed by atoms with Gasteiger partial charge >= 0.3 is 0 Å². The maximum atomic E-state index is 12.5. The van der Waals surface area contributed by atoms with Gasteiger partial charge in [-0.3, -0.25) is 9.59 Å². The second-order valence-electron chi connectivity index (χ2n) is 7.58. The van der Waals surface area contributed by atoms with Crippen molar-refractivity contribution in [3.8, 4) is 5.75 Å². The van der Waals surface area contributed by atoms with E-state index in [9.17, 15) is 9.59 Å². The summed E-state index contributed by atoms with van der Waals surface area (Å²) in [6.45, 7) is 2.63. The highest BCUT2D eigenvalue weighted by molar-refractivity contribution is 6.00. The second kappa shape index (κ2) is 9.56. The molecule has 0 bridgehead atoms. The van der Waals surface area contributed by atoms with Crippen LogP contribution in [0, 0.1) is 0 Å². The molecule has 0 radical (unpaired) electrons. The first kappa shape index (κ1) is 20.9. The quantitative estimate of drug-likeness (QED) is 0.746. The zero-order valence-corrected chi connectivity index (χ0v) is 17.3. The van der Waals surface area contributed by atoms with Gasteiger partial charge in [-0.2, -0.15) is 0 Å². The van der Waals surface area contributed by atoms with Gasteiger partial charge < -0.3 is 19.9 Å². The number of nitrogens with one attached hydrogen (secondary N) is 1. The second-order valence-corrected chi connectivity index (χ2v) is 7.58. The third-order valence-electron chi connectivity index (χ3n) is 5.22. The third kappa shape index (κ3) is 5.35. The van der Waals surface area contributed by atoms with E-state index in [2.05, 4.69) is 22.3 Å². The highest BCUT2D eigenvalue weighted by atomic mass is 16.5. The summed E-state index contributed by atoms with van der Waals surface area (Å²) in [4.78, 5) is 28.8. The number of carbonyl (C=O) groups is 2. The van der Waals surface area contributed by atoms with Gasteiger partial charge in [0.05, 0.1) is 5.69 Å². The molecule has 2 aromatic carbocycles. The van der Waals surface area contributed by atoms with E-state index in [4.69, 9.17) is 4.74 Å². The van der Waals surface area contributed by atoms with Crippen LogP contribution in [0.2, 0.25) is 0 Å². The smallest absolute Gasteiger partial charge is 0.267 e. The monoisotopic (exact) mass is 395 g/mol. The van der Waals surface area contributed by atoms with Gasteiger partial charge in [-0.15, -0.1) is 0 Å². The number of ether oxygens (including phenoxy) is 1. The summed E-state index contributed by atoms with van der Waals surface area (Å²) in [6, 6.07) is 17.9. The molecule has 154 valence electrons. The van der Waals surface area contributed by atoms with E-state index in [1.807, 2.05) is 56.6 Å². The lowest BCUT2D eigenvalue weighted by Crippen LogP contribution is -2.46. The SMILES string of the molecule is CC1Oc2ccccc2N(CCC(=O)NCC(Cc2ccccc2)N(C)C)C1=O. The number of para-hydroxylation sites is 2. The molecule has 29 heavy (non-hydrogen) atoms. The maximum absolute atomic E-state index is 12.5. The van der Waals surface area contributed by atoms with Crippen molar-refractivity contribution < 1.29 is 14.3 Å². The average molecular weight is 396 g/mol. The number of fused-ring (bicyclic) bond motifs is 1. The van der Waals surface area contributed by atoms with Crippen LogP contribution < -0.4 is 15.0 Å². The highest BCUT2D eigenvalue weighted by Crippen LogP contribution is 2.33. The van der Waals surface area contributed by atoms with Crippen LogP contribution in [0.1, 0.15) is 18.9 Å². The topological polar surface area (TPSA) is 61.9 Å². The van der Waals surface area contributed by atoms with Crippen molar-refractivity contribution in [1.29, 1.82) is 0 Å². The zero-order valence-electron chi connectivity index (χ0n) is 17.3. The van der Waals surface area contributed by atoms with Crippen LogP contribution in [-0.2, 0) is 16.0 Å². The Bertz CT molecular complexity index is 838. The predicted octanol–water partition coefficient (Wildman–Crippen LogP) is 2.48. The number of hydrogen-bond donors (Lipinski definition) is 1. The van der Waals surface area contributed by atoms with E-state index in [1.165, 1.54) is 5.56 Å². The Morgan fingerprint density at radius 2 is 1.83 bits per heavy atom. The lowest BCUT2D eigenvalue weighted by atomic mass is 10.1. The molecule has 3 rings (SSSR count). The summed E-state index contributed by atoms with van der Waals surface area (Å²) in [6.07, 6.45) is 0.566. The van der Waals surface area contributed by atoms with Crippen molar-refractivity contribution in [2.24, 2.45) is 0 Å². The fourth-order valence-corrected chi connectivity index (χ4v) is 3.45. The van der Waals surface area contributed by atoms with Crippen LogP contribution >= 0.6 is 0 Å². The van der Waals surface area contributed by atoms with Crippen LogP contribution in [0.4, 0.5) is 5.69 Å². The molecule has 1 heterocycles. The minimum atomic E-state index is -0.544. The van der Waals surface area contributed by atoms with E-state index in [-0.39, 0.29) is 24.3 Å². The van der Waals surface area contributed by atoms with Crippen molar-refractivity contribution in [3.63, 3.8) is 0 Å². The number of anilines is 1. The molecule has 0 fully saturated rings. The minimum Gasteiger partial charge on any atom is -0.479 e. The van der Waals surface area contributed by atoms with Crippen molar-refractivity contribution in [1.82, 2.24) is 10.2 Å². The standard InChI is InChI=1S/C23H29N3O3/c1-17-23(28)26(20-11-7-8-12-21(20)29-17)14-13-22(27)24-16-19(25(2)3)15-18-9-5-4-6-10-18/h4-12,17,19H,13-16H2,1-3H3,(H,24,27). The van der Waals surface area contributed by atoms with Crippen LogP contribution in [0.5, 0.6) is 5.75 Å². The first-order valence-corrected chi connectivity index (χ1v) is 10.00. The van der Waals surface area contributed by atoms with Crippen LogP contribution in [0.15, 0.2) is 54.6 Å². The van der Waals surface area contributed by atoms with Gasteiger partial charge in [0.2, 0.25) is 5.91 Å². The Morgan fingerprint density at radius 3 is 2.55 bits per heavy atom. The lowest BCUT2D eigenvalue weighted by molar-refractivity contribution is -0.125. The molecule has 1 aliphatic heterocycles. The molecule has 2 unspecified atom stereocenters. The Balaban J connectivity index is 1.54. The number of carbonyl (C=O) groups excluding carboxylic acids is 2. The van der Waals surface area contributed by atoms with E-state index < -0.39 is 6.10 Å². The van der Waals surface area contributed by atoms with Crippen molar-refractivity contribution in [2.45, 2.75) is 31.9 Å². The molecule has 0 saturated carbocycles. The fourth-order valence-electron chi connectivity index (χ4n) is 3.45. The summed E-state index contributed by atoms with van der Waals surface area (Å²) in [5.74, 6) is 0.497. The van der Waals surface area contributed by atoms with Gasteiger partial charge in [-0.1, -0.05) is 42.5 Å². The largest absolute Gasteiger partial charge is 0.479 e. The molecule has 0 saturated heterocycles. The summed E-state index contributed by atoms with van der Waals surface area (Å²) < 4.78 is 5.65. The summed E-state index contributed by atoms with van der Waals surface area (Å²) in [5.41, 5.74) is 1.96. The molecular formula is C23H29N3O3. The van der Waals surface area contributed by atoms with E-state index in [0.29, 0.717) is 18.8 Å². The predicted molar refractivity (Wildman–Crippen MR) is 114 cm³/mol. The molecular weight excluding hydrogens is 366 g/mol. The Kier molecular flexibility index (Phi) is 6.88. The van der Waals surface area contributed by atoms with Crippen LogP contribution in [0.3, 0.4) is 0 Å². The third-order valence-corrected chi connectivity index (χ3v) is 5.22. The highest BCUT2D eigenvalue weighted by Gasteiger charge is 2.31. The Labute approximate surface area is 172 Å². The molecule has 0 aromatic heterocycles. The summed E-state index contributed by atoms with van der Waals surface area (Å²) >= 11 is 0. The summed E-state index contributed by atoms with van der Waals surface area (Å²) in [7, 11) is 4.04. The van der Waals surface area contributed by atoms with E-state index >= 15 is 0 Å². The van der Waals surface area contributed by atoms with Gasteiger partial charge in [-0.05, 0) is 45.1 Å². The molecule has 6 nitrogen and oxygen atoms in total. The number of hydrogen-bond acceptors (Lipinski definition) is 4. The molecule has 6 heteroatoms. The van der Waals surface area contributed by atoms with Gasteiger partial charge in [0.1, 0.15) is 5.75 Å². The molecule has 0 aliphatic carbocycles. The van der Waals surface area contributed by atoms with Crippen molar-refractivity contribution in [3.05, 3.63) is 60.2 Å². The molecule has 2 atom stereocenters. The molecule has 1 N–H and O–H groups in total. The maximum Gasteiger partial charge on any atom is 0.267 e. The van der Waals surface area contributed by atoms with Gasteiger partial charge in [0.25, 0.3) is 5.91 Å². The Hall–Kier alpha value is -2.86. The number of likely N-dealkylation sites (N-methyl/N-ethyl adjacent to an activating group) is 1. The Morgan fingerprint density at radius 1 is 1.14 bits per heavy atom. The molecule has 1 aliphatic rings. The van der Waals surface area contributed by atoms with E-state index in [1.54, 1.807) is 11.8 Å². The number of amides is 2. The van der Waals surface area contributed by atoms with Crippen LogP contribution in [0.25, 0.3) is 0 Å². The fraction of sp³-hybridized carbons (Fsp3) is 0.391. The molecule has 2 amide bonds. The lowest BCUT2D eigenvalue weighted by Gasteiger charge is -2.33. The minimum absolute atomic E-state index is 0.0608. The van der Waals surface area contributed by atoms with Gasteiger partial charge in [-0.25, -0.2) is 0 Å². The summed E-state index contributed by atoms with van der Waals surface area (Å²) in [5, 5.41) is 3.02. The van der Waals surface area contributed by atoms with Gasteiger partial charge in [0.15, 0.2) is 6.10 Å². The number of benzene rings is 2. The molecule has 2 aromatic rings. The number of nitrogens with zero attached hydrogens (tertiary/aromatic N) is 2. The van der Waals surface area contributed by atoms with Crippen LogP contribution in [-0.4, -0.2) is 56.0 Å². The van der Waals surface area contributed by atoms with Crippen molar-refractivity contribution in [2.75, 3.05) is 32.1 Å². The molecule has 0 spiro atoms. The first-order valence-electron chi connectivity index (χ1n) is 10.00. The normalized spacial score (nSPS) is 16.9. The van der Waals surface area contributed by atoms with E-state index in [0.717, 1.165) is 12.1 Å². The van der Waals surface area contributed by atoms with Crippen molar-refractivity contribution >= 4 is 17.5 Å². The first-order chi connectivity index (χ1) is 14.0. The van der Waals surface area contributed by atoms with Gasteiger partial charge in [0, 0.05) is 25.6 Å².